The van der Waals surface area contributed by atoms with Gasteiger partial charge in [0, 0.05) is 12.1 Å². The fourth-order valence-corrected chi connectivity index (χ4v) is 2.28. The Hall–Kier alpha value is -1.76. The highest BCUT2D eigenvalue weighted by molar-refractivity contribution is 5.66. The molecular formula is C18H22O6. The van der Waals surface area contributed by atoms with Crippen LogP contribution in [0.15, 0.2) is 18.2 Å². The number of epoxide rings is 3. The minimum atomic E-state index is 0.192. The summed E-state index contributed by atoms with van der Waals surface area (Å²) < 4.78 is 33.3. The summed E-state index contributed by atoms with van der Waals surface area (Å²) in [5.41, 5.74) is 0.911. The van der Waals surface area contributed by atoms with Gasteiger partial charge in [0.25, 0.3) is 0 Å². The molecule has 3 fully saturated rings. The van der Waals surface area contributed by atoms with E-state index in [0.29, 0.717) is 19.8 Å². The summed E-state index contributed by atoms with van der Waals surface area (Å²) in [4.78, 5) is 0. The van der Waals surface area contributed by atoms with Crippen molar-refractivity contribution in [3.8, 4) is 17.2 Å². The molecule has 0 N–H and O–H groups in total. The fourth-order valence-electron chi connectivity index (χ4n) is 2.28. The molecule has 130 valence electrons. The van der Waals surface area contributed by atoms with E-state index in [4.69, 9.17) is 28.4 Å². The van der Waals surface area contributed by atoms with Crippen LogP contribution in [-0.4, -0.2) is 58.0 Å². The van der Waals surface area contributed by atoms with Crippen LogP contribution in [0.4, 0.5) is 0 Å². The quantitative estimate of drug-likeness (QED) is 0.610. The van der Waals surface area contributed by atoms with Crippen LogP contribution in [0.25, 0.3) is 6.08 Å². The second kappa shape index (κ2) is 7.01. The fraction of sp³-hybridized carbons (Fsp3) is 0.556. The number of allylic oxidation sites excluding steroid dienone is 1. The smallest absolute Gasteiger partial charge is 0.134 e. The first-order valence-electron chi connectivity index (χ1n) is 8.36. The van der Waals surface area contributed by atoms with Gasteiger partial charge in [-0.2, -0.15) is 0 Å². The van der Waals surface area contributed by atoms with Crippen molar-refractivity contribution in [2.24, 2.45) is 0 Å². The number of hydrogen-bond acceptors (Lipinski definition) is 6. The lowest BCUT2D eigenvalue weighted by Gasteiger charge is -2.16. The third-order valence-corrected chi connectivity index (χ3v) is 3.90. The average molecular weight is 334 g/mol. The van der Waals surface area contributed by atoms with Gasteiger partial charge in [-0.25, -0.2) is 0 Å². The monoisotopic (exact) mass is 334 g/mol. The zero-order valence-corrected chi connectivity index (χ0v) is 13.7. The Kier molecular flexibility index (Phi) is 4.60. The van der Waals surface area contributed by atoms with E-state index in [2.05, 4.69) is 0 Å². The lowest BCUT2D eigenvalue weighted by Crippen LogP contribution is -2.10. The van der Waals surface area contributed by atoms with Crippen LogP contribution in [0.1, 0.15) is 12.5 Å². The van der Waals surface area contributed by atoms with E-state index in [9.17, 15) is 0 Å². The highest BCUT2D eigenvalue weighted by Gasteiger charge is 2.27. The van der Waals surface area contributed by atoms with E-state index in [1.54, 1.807) is 0 Å². The largest absolute Gasteiger partial charge is 0.491 e. The number of benzene rings is 1. The summed E-state index contributed by atoms with van der Waals surface area (Å²) in [6.45, 7) is 5.86. The van der Waals surface area contributed by atoms with Crippen LogP contribution in [0.3, 0.4) is 0 Å². The SMILES string of the molecule is CC=Cc1c(OCC2CO2)cc(OCC2CO2)cc1OCC1CO1. The normalized spacial score (nSPS) is 27.1. The van der Waals surface area contributed by atoms with Crippen LogP contribution in [0, 0.1) is 0 Å². The lowest BCUT2D eigenvalue weighted by molar-refractivity contribution is 0.241. The van der Waals surface area contributed by atoms with Gasteiger partial charge in [0.05, 0.1) is 25.4 Å². The molecule has 3 unspecified atom stereocenters. The highest BCUT2D eigenvalue weighted by Crippen LogP contribution is 2.36. The molecule has 3 heterocycles. The van der Waals surface area contributed by atoms with Gasteiger partial charge in [-0.05, 0) is 6.92 Å². The molecule has 0 aliphatic carbocycles. The molecule has 3 aliphatic rings. The maximum atomic E-state index is 5.94. The van der Waals surface area contributed by atoms with Gasteiger partial charge in [-0.15, -0.1) is 0 Å². The van der Waals surface area contributed by atoms with Crippen LogP contribution in [0.5, 0.6) is 17.2 Å². The molecule has 1 aromatic carbocycles. The molecular weight excluding hydrogens is 312 g/mol. The molecule has 0 amide bonds. The molecule has 0 saturated carbocycles. The van der Waals surface area contributed by atoms with E-state index in [1.165, 1.54) is 0 Å². The summed E-state index contributed by atoms with van der Waals surface area (Å²) in [6.07, 6.45) is 4.54. The molecule has 3 atom stereocenters. The van der Waals surface area contributed by atoms with Crippen LogP contribution >= 0.6 is 0 Å². The first-order valence-corrected chi connectivity index (χ1v) is 8.36. The van der Waals surface area contributed by atoms with Crippen molar-refractivity contribution in [1.29, 1.82) is 0 Å². The van der Waals surface area contributed by atoms with Crippen LogP contribution in [-0.2, 0) is 14.2 Å². The Labute approximate surface area is 141 Å². The van der Waals surface area contributed by atoms with Crippen LogP contribution < -0.4 is 14.2 Å². The first-order chi connectivity index (χ1) is 11.8. The summed E-state index contributed by atoms with van der Waals surface area (Å²) >= 11 is 0. The maximum absolute atomic E-state index is 5.94. The Morgan fingerprint density at radius 1 is 0.875 bits per heavy atom. The van der Waals surface area contributed by atoms with E-state index in [-0.39, 0.29) is 18.3 Å². The number of ether oxygens (including phenoxy) is 6. The molecule has 3 saturated heterocycles. The number of hydrogen-bond donors (Lipinski definition) is 0. The van der Waals surface area contributed by atoms with Gasteiger partial charge in [0.1, 0.15) is 55.4 Å². The topological polar surface area (TPSA) is 65.3 Å². The minimum absolute atomic E-state index is 0.192. The molecule has 0 aromatic heterocycles. The first kappa shape index (κ1) is 15.7. The molecule has 0 spiro atoms. The van der Waals surface area contributed by atoms with Crippen molar-refractivity contribution in [3.05, 3.63) is 23.8 Å². The van der Waals surface area contributed by atoms with Crippen molar-refractivity contribution in [1.82, 2.24) is 0 Å². The molecule has 24 heavy (non-hydrogen) atoms. The van der Waals surface area contributed by atoms with Gasteiger partial charge in [-0.3, -0.25) is 0 Å². The Balaban J connectivity index is 1.54. The second-order valence-electron chi connectivity index (χ2n) is 6.13. The van der Waals surface area contributed by atoms with E-state index in [1.807, 2.05) is 31.2 Å². The van der Waals surface area contributed by atoms with Crippen molar-refractivity contribution < 1.29 is 28.4 Å². The maximum Gasteiger partial charge on any atom is 0.134 e. The van der Waals surface area contributed by atoms with Gasteiger partial charge in [0.15, 0.2) is 0 Å². The highest BCUT2D eigenvalue weighted by atomic mass is 16.6. The Bertz CT molecular complexity index is 565. The van der Waals surface area contributed by atoms with Gasteiger partial charge in [-0.1, -0.05) is 12.2 Å². The molecule has 3 aliphatic heterocycles. The Morgan fingerprint density at radius 3 is 1.75 bits per heavy atom. The van der Waals surface area contributed by atoms with E-state index in [0.717, 1.165) is 42.6 Å². The summed E-state index contributed by atoms with van der Waals surface area (Å²) in [5.74, 6) is 2.20. The third kappa shape index (κ3) is 4.41. The van der Waals surface area contributed by atoms with Gasteiger partial charge < -0.3 is 28.4 Å². The minimum Gasteiger partial charge on any atom is -0.491 e. The van der Waals surface area contributed by atoms with Crippen molar-refractivity contribution in [3.63, 3.8) is 0 Å². The standard InChI is InChI=1S/C18H22O6/c1-2-3-16-17(23-10-14-8-21-14)4-12(19-6-13-7-20-13)5-18(16)24-11-15-9-22-15/h2-5,13-15H,6-11H2,1H3. The molecule has 0 radical (unpaired) electrons. The average Bonchev–Trinajstić information content (AvgIpc) is 3.46. The van der Waals surface area contributed by atoms with E-state index < -0.39 is 0 Å². The lowest BCUT2D eigenvalue weighted by atomic mass is 10.1. The van der Waals surface area contributed by atoms with Crippen molar-refractivity contribution in [2.75, 3.05) is 39.6 Å². The molecule has 6 nitrogen and oxygen atoms in total. The van der Waals surface area contributed by atoms with Crippen molar-refractivity contribution >= 4 is 6.08 Å². The van der Waals surface area contributed by atoms with Gasteiger partial charge >= 0.3 is 0 Å². The zero-order valence-electron chi connectivity index (χ0n) is 13.7. The summed E-state index contributed by atoms with van der Waals surface area (Å²) in [5, 5.41) is 0. The summed E-state index contributed by atoms with van der Waals surface area (Å²) in [7, 11) is 0. The predicted octanol–water partition coefficient (Wildman–Crippen LogP) is 2.05. The second-order valence-corrected chi connectivity index (χ2v) is 6.13. The molecule has 1 aromatic rings. The predicted molar refractivity (Wildman–Crippen MR) is 86.9 cm³/mol. The Morgan fingerprint density at radius 2 is 1.33 bits per heavy atom. The zero-order chi connectivity index (χ0) is 16.4. The van der Waals surface area contributed by atoms with Crippen LogP contribution in [0.2, 0.25) is 0 Å². The molecule has 0 bridgehead atoms. The van der Waals surface area contributed by atoms with Crippen molar-refractivity contribution in [2.45, 2.75) is 25.2 Å². The van der Waals surface area contributed by atoms with Gasteiger partial charge in [0.2, 0.25) is 0 Å². The number of rotatable bonds is 10. The molecule has 6 heteroatoms. The third-order valence-electron chi connectivity index (χ3n) is 3.90. The summed E-state index contributed by atoms with van der Waals surface area (Å²) in [6, 6.07) is 3.81. The molecule has 4 rings (SSSR count). The van der Waals surface area contributed by atoms with E-state index >= 15 is 0 Å².